The van der Waals surface area contributed by atoms with Gasteiger partial charge in [0.15, 0.2) is 0 Å². The van der Waals surface area contributed by atoms with Gasteiger partial charge in [-0.05, 0) is 24.3 Å². The maximum atomic E-state index is 12.8. The predicted molar refractivity (Wildman–Crippen MR) is 159 cm³/mol. The molecule has 6 aromatic rings. The van der Waals surface area contributed by atoms with Gasteiger partial charge in [-0.25, -0.2) is 18.1 Å². The molecule has 212 valence electrons. The van der Waals surface area contributed by atoms with Crippen LogP contribution in [0.15, 0.2) is 118 Å². The molecule has 0 saturated heterocycles. The Kier molecular flexibility index (Phi) is 7.32. The Morgan fingerprint density at radius 1 is 0.814 bits per heavy atom. The third-order valence-electron chi connectivity index (χ3n) is 6.33. The molecule has 2 aromatic heterocycles. The van der Waals surface area contributed by atoms with Crippen molar-refractivity contribution in [1.29, 1.82) is 0 Å². The van der Waals surface area contributed by atoms with Crippen LogP contribution in [0.1, 0.15) is 10.4 Å². The lowest BCUT2D eigenvalue weighted by atomic mass is 10.1. The molecule has 43 heavy (non-hydrogen) atoms. The molecular weight excluding hydrogens is 590 g/mol. The number of hydrogen-bond acceptors (Lipinski definition) is 10. The average Bonchev–Trinajstić information content (AvgIpc) is 3.73. The van der Waals surface area contributed by atoms with Crippen LogP contribution in [0.2, 0.25) is 0 Å². The lowest BCUT2D eigenvalue weighted by molar-refractivity contribution is -0.385. The molecule has 1 amide bonds. The maximum Gasteiger partial charge on any atom is 0.270 e. The van der Waals surface area contributed by atoms with Gasteiger partial charge in [-0.1, -0.05) is 71.9 Å². The highest BCUT2D eigenvalue weighted by atomic mass is 32.2. The number of nitro groups is 1. The zero-order chi connectivity index (χ0) is 30.0. The second kappa shape index (κ2) is 11.4. The summed E-state index contributed by atoms with van der Waals surface area (Å²) in [6.45, 7) is 0. The van der Waals surface area contributed by atoms with Crippen LogP contribution in [0, 0.1) is 10.1 Å². The Morgan fingerprint density at radius 3 is 2.30 bits per heavy atom. The van der Waals surface area contributed by atoms with Gasteiger partial charge < -0.3 is 4.52 Å². The third-order valence-corrected chi connectivity index (χ3v) is 8.55. The van der Waals surface area contributed by atoms with Crippen LogP contribution in [0.4, 0.5) is 5.69 Å². The number of non-ortho nitro benzene ring substituents is 1. The summed E-state index contributed by atoms with van der Waals surface area (Å²) in [5.41, 5.74) is 3.53. The SMILES string of the molecule is O=C(NS(=O)(=O)c1cccc([N+](=O)[O-])c1)c1cccc(-c2nc(-c3ccc(-c4csc(-c5ccccc5)n4)cc3)no2)c1. The van der Waals surface area contributed by atoms with Crippen LogP contribution in [-0.4, -0.2) is 34.4 Å². The second-order valence-corrected chi connectivity index (χ2v) is 11.7. The topological polar surface area (TPSA) is 158 Å². The first kappa shape index (κ1) is 27.6. The molecule has 0 aliphatic rings. The summed E-state index contributed by atoms with van der Waals surface area (Å²) in [5.74, 6) is -0.476. The van der Waals surface area contributed by atoms with Gasteiger partial charge >= 0.3 is 0 Å². The average molecular weight is 610 g/mol. The Bertz CT molecular complexity index is 2070. The Labute approximate surface area is 248 Å². The molecule has 11 nitrogen and oxygen atoms in total. The first-order chi connectivity index (χ1) is 20.8. The summed E-state index contributed by atoms with van der Waals surface area (Å²) < 4.78 is 32.7. The van der Waals surface area contributed by atoms with Gasteiger partial charge in [-0.2, -0.15) is 4.98 Å². The van der Waals surface area contributed by atoms with Crippen molar-refractivity contribution < 1.29 is 22.7 Å². The van der Waals surface area contributed by atoms with Gasteiger partial charge in [0, 0.05) is 45.3 Å². The van der Waals surface area contributed by atoms with E-state index in [-0.39, 0.29) is 11.5 Å². The number of carbonyl (C=O) groups is 1. The highest BCUT2D eigenvalue weighted by molar-refractivity contribution is 7.90. The van der Waals surface area contributed by atoms with Crippen molar-refractivity contribution in [1.82, 2.24) is 19.8 Å². The van der Waals surface area contributed by atoms with Gasteiger partial charge in [0.25, 0.3) is 27.5 Å². The number of aromatic nitrogens is 3. The molecule has 13 heteroatoms. The number of nitro benzene ring substituents is 1. The first-order valence-electron chi connectivity index (χ1n) is 12.6. The number of benzene rings is 4. The van der Waals surface area contributed by atoms with Crippen molar-refractivity contribution in [3.63, 3.8) is 0 Å². The van der Waals surface area contributed by atoms with E-state index >= 15 is 0 Å². The maximum absolute atomic E-state index is 12.8. The lowest BCUT2D eigenvalue weighted by Crippen LogP contribution is -2.30. The molecular formula is C30H19N5O6S2. The second-order valence-electron chi connectivity index (χ2n) is 9.17. The normalized spacial score (nSPS) is 11.3. The smallest absolute Gasteiger partial charge is 0.270 e. The molecule has 0 unspecified atom stereocenters. The van der Waals surface area contributed by atoms with Crippen molar-refractivity contribution in [3.05, 3.63) is 124 Å². The largest absolute Gasteiger partial charge is 0.334 e. The van der Waals surface area contributed by atoms with Gasteiger partial charge in [-0.15, -0.1) is 11.3 Å². The minimum Gasteiger partial charge on any atom is -0.334 e. The summed E-state index contributed by atoms with van der Waals surface area (Å²) in [6, 6.07) is 27.9. The fourth-order valence-electron chi connectivity index (χ4n) is 4.17. The molecule has 2 heterocycles. The molecule has 0 aliphatic heterocycles. The molecule has 1 N–H and O–H groups in total. The first-order valence-corrected chi connectivity index (χ1v) is 15.0. The number of amides is 1. The Hall–Kier alpha value is -5.53. The van der Waals surface area contributed by atoms with Crippen molar-refractivity contribution in [2.75, 3.05) is 0 Å². The van der Waals surface area contributed by atoms with Crippen LogP contribution in [-0.2, 0) is 10.0 Å². The molecule has 0 bridgehead atoms. The summed E-state index contributed by atoms with van der Waals surface area (Å²) in [6.07, 6.45) is 0. The quantitative estimate of drug-likeness (QED) is 0.156. The lowest BCUT2D eigenvalue weighted by Gasteiger charge is -2.07. The predicted octanol–water partition coefficient (Wildman–Crippen LogP) is 6.22. The standard InChI is InChI=1S/C30H19N5O6S2/c36-28(34-43(39,40)25-11-5-10-24(17-25)35(37)38)22-8-4-9-23(16-22)29-32-27(33-41-29)20-14-12-19(13-15-20)26-18-42-30(31-26)21-6-2-1-3-7-21/h1-18H,(H,34,36). The number of rotatable bonds is 8. The molecule has 0 fully saturated rings. The van der Waals surface area contributed by atoms with Gasteiger partial charge in [0.1, 0.15) is 5.01 Å². The van der Waals surface area contributed by atoms with E-state index in [2.05, 4.69) is 10.1 Å². The van der Waals surface area contributed by atoms with Gasteiger partial charge in [0.2, 0.25) is 5.82 Å². The monoisotopic (exact) mass is 609 g/mol. The van der Waals surface area contributed by atoms with Crippen molar-refractivity contribution in [3.8, 4) is 44.7 Å². The van der Waals surface area contributed by atoms with E-state index in [1.807, 2.05) is 64.7 Å². The van der Waals surface area contributed by atoms with Gasteiger partial charge in [0.05, 0.1) is 15.5 Å². The van der Waals surface area contributed by atoms with Crippen molar-refractivity contribution in [2.45, 2.75) is 4.90 Å². The van der Waals surface area contributed by atoms with Crippen molar-refractivity contribution >= 4 is 33.0 Å². The third kappa shape index (κ3) is 5.93. The fourth-order valence-corrected chi connectivity index (χ4v) is 6.01. The Balaban J connectivity index is 1.17. The van der Waals surface area contributed by atoms with E-state index < -0.39 is 31.4 Å². The highest BCUT2D eigenvalue weighted by Crippen LogP contribution is 2.30. The summed E-state index contributed by atoms with van der Waals surface area (Å²) in [4.78, 5) is 31.9. The molecule has 0 radical (unpaired) electrons. The van der Waals surface area contributed by atoms with E-state index in [0.717, 1.165) is 40.0 Å². The van der Waals surface area contributed by atoms with Crippen LogP contribution in [0.5, 0.6) is 0 Å². The summed E-state index contributed by atoms with van der Waals surface area (Å²) in [7, 11) is -4.37. The Morgan fingerprint density at radius 2 is 1.53 bits per heavy atom. The number of sulfonamides is 1. The number of carbonyl (C=O) groups excluding carboxylic acids is 1. The van der Waals surface area contributed by atoms with Crippen LogP contribution in [0.25, 0.3) is 44.7 Å². The highest BCUT2D eigenvalue weighted by Gasteiger charge is 2.22. The van der Waals surface area contributed by atoms with Crippen LogP contribution < -0.4 is 4.72 Å². The fraction of sp³-hybridized carbons (Fsp3) is 0. The van der Waals surface area contributed by atoms with Gasteiger partial charge in [-0.3, -0.25) is 14.9 Å². The molecule has 0 saturated carbocycles. The van der Waals surface area contributed by atoms with Crippen LogP contribution in [0.3, 0.4) is 0 Å². The summed E-state index contributed by atoms with van der Waals surface area (Å²) >= 11 is 1.57. The van der Waals surface area contributed by atoms with Crippen molar-refractivity contribution in [2.24, 2.45) is 0 Å². The zero-order valence-electron chi connectivity index (χ0n) is 21.9. The minimum absolute atomic E-state index is 0.00810. The number of nitrogens with one attached hydrogen (secondary N) is 1. The van der Waals surface area contributed by atoms with E-state index in [1.54, 1.807) is 23.5 Å². The molecule has 0 aliphatic carbocycles. The molecule has 0 spiro atoms. The number of thiazole rings is 1. The minimum atomic E-state index is -4.37. The van der Waals surface area contributed by atoms with E-state index in [1.165, 1.54) is 18.2 Å². The number of hydrogen-bond donors (Lipinski definition) is 1. The molecule has 6 rings (SSSR count). The van der Waals surface area contributed by atoms with E-state index in [9.17, 15) is 23.3 Å². The number of nitrogens with zero attached hydrogens (tertiary/aromatic N) is 4. The molecule has 0 atom stereocenters. The summed E-state index contributed by atoms with van der Waals surface area (Å²) in [5, 5.41) is 18.0. The zero-order valence-corrected chi connectivity index (χ0v) is 23.6. The van der Waals surface area contributed by atoms with E-state index in [0.29, 0.717) is 17.0 Å². The van der Waals surface area contributed by atoms with E-state index in [4.69, 9.17) is 9.51 Å². The van der Waals surface area contributed by atoms with Crippen LogP contribution >= 0.6 is 11.3 Å². The molecule has 4 aromatic carbocycles.